The predicted octanol–water partition coefficient (Wildman–Crippen LogP) is 6.65. The Morgan fingerprint density at radius 3 is 2.24 bits per heavy atom. The minimum absolute atomic E-state index is 0.0291. The molecule has 0 radical (unpaired) electrons. The molecule has 0 unspecified atom stereocenters. The summed E-state index contributed by atoms with van der Waals surface area (Å²) in [6.07, 6.45) is 9.30. The molecule has 208 valence electrons. The van der Waals surface area contributed by atoms with E-state index >= 15 is 0 Å². The highest BCUT2D eigenvalue weighted by Gasteiger charge is 2.87. The number of fused-ring (bicyclic) bond motifs is 4. The van der Waals surface area contributed by atoms with Gasteiger partial charge in [0.15, 0.2) is 0 Å². The van der Waals surface area contributed by atoms with Crippen LogP contribution in [0.1, 0.15) is 120 Å². The SMILES string of the molecule is CC(=O)O[C@@H](C[C@@H](C)[C@]12CC[C@@]3(C)[C@@]1(CC[C@H]1[C@@]4(C)CCC(=O)C(C)(C)[C@@H]4CC[C@@]13C)O2)[C@H]1OC1(C)C. The Bertz CT molecular complexity index is 1030. The van der Waals surface area contributed by atoms with Crippen LogP contribution in [0.5, 0.6) is 0 Å². The van der Waals surface area contributed by atoms with Gasteiger partial charge >= 0.3 is 5.97 Å². The maximum Gasteiger partial charge on any atom is 0.302 e. The van der Waals surface area contributed by atoms with E-state index in [1.807, 2.05) is 0 Å². The lowest BCUT2D eigenvalue weighted by Crippen LogP contribution is -2.65. The molecule has 0 bridgehead atoms. The second-order valence-electron chi connectivity index (χ2n) is 15.8. The first kappa shape index (κ1) is 26.3. The molecule has 0 aromatic heterocycles. The van der Waals surface area contributed by atoms with Crippen molar-refractivity contribution >= 4 is 11.8 Å². The standard InChI is InChI=1S/C32H50O5/c1-19(18-21(35-20(2)33)25-27(5,6)36-25)31-17-16-30(9)29(8)14-10-22-26(3,4)24(34)12-13-28(22,7)23(29)11-15-32(30,31)37-31/h19,21-23,25H,10-18H2,1-9H3/t19-,21+,22+,23+,25-,28+,29+,30-,31-,32-/m1/s1. The van der Waals surface area contributed by atoms with Gasteiger partial charge in [-0.3, -0.25) is 9.59 Å². The molecule has 10 atom stereocenters. The van der Waals surface area contributed by atoms with Gasteiger partial charge in [-0.15, -0.1) is 0 Å². The molecule has 0 amide bonds. The van der Waals surface area contributed by atoms with Crippen LogP contribution in [0.15, 0.2) is 0 Å². The van der Waals surface area contributed by atoms with E-state index in [2.05, 4.69) is 55.4 Å². The van der Waals surface area contributed by atoms with Gasteiger partial charge in [-0.05, 0) is 93.8 Å². The zero-order valence-corrected chi connectivity index (χ0v) is 24.8. The normalized spacial score (nSPS) is 52.1. The number of carbonyl (C=O) groups excluding carboxylic acids is 2. The number of ether oxygens (including phenoxy) is 3. The van der Waals surface area contributed by atoms with Gasteiger partial charge in [0.1, 0.15) is 29.2 Å². The monoisotopic (exact) mass is 514 g/mol. The molecule has 2 heterocycles. The van der Waals surface area contributed by atoms with Crippen LogP contribution in [0.2, 0.25) is 0 Å². The Morgan fingerprint density at radius 1 is 0.973 bits per heavy atom. The lowest BCUT2D eigenvalue weighted by molar-refractivity contribution is -0.208. The maximum atomic E-state index is 13.0. The van der Waals surface area contributed by atoms with Crippen molar-refractivity contribution in [3.63, 3.8) is 0 Å². The van der Waals surface area contributed by atoms with Gasteiger partial charge in [0.05, 0.1) is 5.60 Å². The third-order valence-corrected chi connectivity index (χ3v) is 13.8. The van der Waals surface area contributed by atoms with Crippen molar-refractivity contribution in [1.29, 1.82) is 0 Å². The van der Waals surface area contributed by atoms with Crippen molar-refractivity contribution in [3.8, 4) is 0 Å². The number of rotatable bonds is 5. The first-order chi connectivity index (χ1) is 17.0. The molecule has 37 heavy (non-hydrogen) atoms. The summed E-state index contributed by atoms with van der Waals surface area (Å²) in [7, 11) is 0. The van der Waals surface area contributed by atoms with Crippen LogP contribution in [-0.4, -0.2) is 40.8 Å². The highest BCUT2D eigenvalue weighted by molar-refractivity contribution is 5.85. The van der Waals surface area contributed by atoms with Crippen molar-refractivity contribution in [1.82, 2.24) is 0 Å². The molecule has 5 nitrogen and oxygen atoms in total. The molecule has 4 saturated carbocycles. The Labute approximate surface area is 224 Å². The molecule has 6 rings (SSSR count). The van der Waals surface area contributed by atoms with E-state index in [1.54, 1.807) is 0 Å². The second kappa shape index (κ2) is 7.42. The summed E-state index contributed by atoms with van der Waals surface area (Å²) in [5.41, 5.74) is -0.0699. The third-order valence-electron chi connectivity index (χ3n) is 13.8. The average molecular weight is 515 g/mol. The van der Waals surface area contributed by atoms with E-state index in [9.17, 15) is 9.59 Å². The summed E-state index contributed by atoms with van der Waals surface area (Å²) in [6, 6.07) is 0. The summed E-state index contributed by atoms with van der Waals surface area (Å²) < 4.78 is 18.8. The average Bonchev–Trinajstić information content (AvgIpc) is 3.62. The first-order valence-electron chi connectivity index (χ1n) is 15.1. The van der Waals surface area contributed by atoms with E-state index in [-0.39, 0.29) is 56.6 Å². The van der Waals surface area contributed by atoms with Crippen LogP contribution < -0.4 is 0 Å². The van der Waals surface area contributed by atoms with Crippen molar-refractivity contribution in [2.24, 2.45) is 39.4 Å². The molecule has 0 aromatic rings. The van der Waals surface area contributed by atoms with Gasteiger partial charge in [-0.2, -0.15) is 0 Å². The van der Waals surface area contributed by atoms with Crippen LogP contribution >= 0.6 is 0 Å². The molecular weight excluding hydrogens is 464 g/mol. The van der Waals surface area contributed by atoms with E-state index < -0.39 is 0 Å². The summed E-state index contributed by atoms with van der Waals surface area (Å²) in [5.74, 6) is 1.66. The number of esters is 1. The quantitative estimate of drug-likeness (QED) is 0.303. The van der Waals surface area contributed by atoms with E-state index in [4.69, 9.17) is 14.2 Å². The first-order valence-corrected chi connectivity index (χ1v) is 15.1. The van der Waals surface area contributed by atoms with Crippen LogP contribution in [0, 0.1) is 39.4 Å². The molecular formula is C32H50O5. The Balaban J connectivity index is 1.28. The molecule has 2 aliphatic heterocycles. The van der Waals surface area contributed by atoms with Gasteiger partial charge in [0.25, 0.3) is 0 Å². The fourth-order valence-corrected chi connectivity index (χ4v) is 11.6. The number of hydrogen-bond donors (Lipinski definition) is 0. The Hall–Kier alpha value is -0.940. The Morgan fingerprint density at radius 2 is 1.62 bits per heavy atom. The number of ketones is 1. The predicted molar refractivity (Wildman–Crippen MR) is 142 cm³/mol. The molecule has 5 heteroatoms. The summed E-state index contributed by atoms with van der Waals surface area (Å²) in [4.78, 5) is 24.9. The van der Waals surface area contributed by atoms with Gasteiger partial charge in [-0.1, -0.05) is 41.5 Å². The fourth-order valence-electron chi connectivity index (χ4n) is 11.6. The summed E-state index contributed by atoms with van der Waals surface area (Å²) >= 11 is 0. The fraction of sp³-hybridized carbons (Fsp3) is 0.938. The van der Waals surface area contributed by atoms with Crippen molar-refractivity contribution in [3.05, 3.63) is 0 Å². The number of Topliss-reactive ketones (excluding diaryl/α,β-unsaturated/α-hetero) is 1. The van der Waals surface area contributed by atoms with Gasteiger partial charge in [0.2, 0.25) is 0 Å². The highest BCUT2D eigenvalue weighted by atomic mass is 16.6. The largest absolute Gasteiger partial charge is 0.460 e. The number of carbonyl (C=O) groups is 2. The number of hydrogen-bond acceptors (Lipinski definition) is 5. The van der Waals surface area contributed by atoms with Crippen LogP contribution in [0.25, 0.3) is 0 Å². The van der Waals surface area contributed by atoms with Gasteiger partial charge in [-0.25, -0.2) is 0 Å². The molecule has 0 aromatic carbocycles. The number of epoxide rings is 2. The van der Waals surface area contributed by atoms with Gasteiger partial charge in [0, 0.05) is 24.2 Å². The van der Waals surface area contributed by atoms with E-state index in [0.717, 1.165) is 38.5 Å². The minimum Gasteiger partial charge on any atom is -0.460 e. The summed E-state index contributed by atoms with van der Waals surface area (Å²) in [6.45, 7) is 20.1. The molecule has 0 N–H and O–H groups in total. The molecule has 6 fully saturated rings. The maximum absolute atomic E-state index is 13.0. The van der Waals surface area contributed by atoms with Crippen molar-refractivity contribution in [2.45, 2.75) is 149 Å². The third kappa shape index (κ3) is 3.05. The van der Waals surface area contributed by atoms with Crippen LogP contribution in [0.3, 0.4) is 0 Å². The topological polar surface area (TPSA) is 68.4 Å². The van der Waals surface area contributed by atoms with Crippen molar-refractivity contribution in [2.75, 3.05) is 0 Å². The highest BCUT2D eigenvalue weighted by Crippen LogP contribution is 2.84. The lowest BCUT2D eigenvalue weighted by atomic mass is 9.35. The second-order valence-corrected chi connectivity index (χ2v) is 15.8. The van der Waals surface area contributed by atoms with Crippen molar-refractivity contribution < 1.29 is 23.8 Å². The Kier molecular flexibility index (Phi) is 5.27. The van der Waals surface area contributed by atoms with Crippen LogP contribution in [-0.2, 0) is 23.8 Å². The molecule has 1 spiro atoms. The molecule has 2 saturated heterocycles. The summed E-state index contributed by atoms with van der Waals surface area (Å²) in [5, 5.41) is 0. The molecule has 6 aliphatic rings. The smallest absolute Gasteiger partial charge is 0.302 e. The zero-order chi connectivity index (χ0) is 27.0. The van der Waals surface area contributed by atoms with E-state index in [1.165, 1.54) is 26.2 Å². The van der Waals surface area contributed by atoms with Gasteiger partial charge < -0.3 is 14.2 Å². The lowest BCUT2D eigenvalue weighted by Gasteiger charge is -2.68. The van der Waals surface area contributed by atoms with Crippen LogP contribution in [0.4, 0.5) is 0 Å². The molecule has 4 aliphatic carbocycles. The zero-order valence-electron chi connectivity index (χ0n) is 24.8. The van der Waals surface area contributed by atoms with E-state index in [0.29, 0.717) is 23.5 Å². The minimum atomic E-state index is -0.226.